The van der Waals surface area contributed by atoms with E-state index < -0.39 is 4.92 Å². The fourth-order valence-electron chi connectivity index (χ4n) is 2.28. The Morgan fingerprint density at radius 2 is 2.04 bits per heavy atom. The van der Waals surface area contributed by atoms with Gasteiger partial charge < -0.3 is 0 Å². The fourth-order valence-corrected chi connectivity index (χ4v) is 3.14. The van der Waals surface area contributed by atoms with E-state index in [-0.39, 0.29) is 11.2 Å². The number of benzene rings is 1. The van der Waals surface area contributed by atoms with Crippen molar-refractivity contribution in [2.45, 2.75) is 30.1 Å². The number of para-hydroxylation sites is 1. The second kappa shape index (κ2) is 6.79. The van der Waals surface area contributed by atoms with Gasteiger partial charge in [0.05, 0.1) is 15.8 Å². The van der Waals surface area contributed by atoms with Gasteiger partial charge in [-0.2, -0.15) is 0 Å². The van der Waals surface area contributed by atoms with Gasteiger partial charge in [-0.25, -0.2) is 9.97 Å². The summed E-state index contributed by atoms with van der Waals surface area (Å²) in [5, 5.41) is 12.4. The Morgan fingerprint density at radius 3 is 2.71 bits per heavy atom. The third-order valence-corrected chi connectivity index (χ3v) is 4.35. The Labute approximate surface area is 141 Å². The second-order valence-electron chi connectivity index (χ2n) is 5.08. The summed E-state index contributed by atoms with van der Waals surface area (Å²) in [5.41, 5.74) is 0.461. The van der Waals surface area contributed by atoms with Gasteiger partial charge in [-0.3, -0.25) is 19.5 Å². The van der Waals surface area contributed by atoms with Gasteiger partial charge in [0.1, 0.15) is 11.2 Å². The first-order valence-corrected chi connectivity index (χ1v) is 8.19. The van der Waals surface area contributed by atoms with E-state index in [1.54, 1.807) is 22.8 Å². The summed E-state index contributed by atoms with van der Waals surface area (Å²) in [6.07, 6.45) is 1.99. The summed E-state index contributed by atoms with van der Waals surface area (Å²) in [6.45, 7) is 2.53. The van der Waals surface area contributed by atoms with Gasteiger partial charge in [0.15, 0.2) is 5.16 Å². The number of hydrogen-bond acceptors (Lipinski definition) is 6. The molecule has 24 heavy (non-hydrogen) atoms. The van der Waals surface area contributed by atoms with Gasteiger partial charge in [-0.15, -0.1) is 0 Å². The van der Waals surface area contributed by atoms with Crippen LogP contribution in [0.5, 0.6) is 0 Å². The molecule has 0 aliphatic heterocycles. The normalized spacial score (nSPS) is 10.9. The molecule has 0 aliphatic rings. The van der Waals surface area contributed by atoms with Gasteiger partial charge in [0.2, 0.25) is 0 Å². The van der Waals surface area contributed by atoms with Gasteiger partial charge in [0, 0.05) is 12.6 Å². The first-order chi connectivity index (χ1) is 11.6. The van der Waals surface area contributed by atoms with Crippen molar-refractivity contribution in [1.82, 2.24) is 14.5 Å². The van der Waals surface area contributed by atoms with E-state index in [0.717, 1.165) is 6.42 Å². The van der Waals surface area contributed by atoms with Gasteiger partial charge >= 0.3 is 0 Å². The lowest BCUT2D eigenvalue weighted by Crippen LogP contribution is -2.23. The topological polar surface area (TPSA) is 90.9 Å². The minimum atomic E-state index is -0.497. The summed E-state index contributed by atoms with van der Waals surface area (Å²) in [7, 11) is 0. The summed E-state index contributed by atoms with van der Waals surface area (Å²) in [4.78, 5) is 31.5. The van der Waals surface area contributed by atoms with E-state index in [9.17, 15) is 14.9 Å². The highest BCUT2D eigenvalue weighted by Gasteiger charge is 2.13. The van der Waals surface area contributed by atoms with Crippen LogP contribution in [-0.4, -0.2) is 19.5 Å². The Balaban J connectivity index is 2.05. The maximum atomic E-state index is 12.7. The van der Waals surface area contributed by atoms with Crippen LogP contribution < -0.4 is 5.56 Å². The van der Waals surface area contributed by atoms with Crippen LogP contribution in [0.4, 0.5) is 5.69 Å². The second-order valence-corrected chi connectivity index (χ2v) is 6.07. The van der Waals surface area contributed by atoms with Gasteiger partial charge in [-0.1, -0.05) is 19.1 Å². The molecule has 7 nitrogen and oxygen atoms in total. The standard InChI is InChI=1S/C16H14N4O3S/c1-2-9-19-15(21)12-5-3-4-6-13(12)18-16(19)24-14-8-7-11(10-17-14)20(22)23/h3-8,10H,2,9H2,1H3. The Kier molecular flexibility index (Phi) is 4.57. The van der Waals surface area contributed by atoms with Crippen LogP contribution in [0, 0.1) is 10.1 Å². The summed E-state index contributed by atoms with van der Waals surface area (Å²) >= 11 is 1.22. The molecule has 0 amide bonds. The monoisotopic (exact) mass is 342 g/mol. The molecule has 3 rings (SSSR count). The molecule has 2 aromatic heterocycles. The number of pyridine rings is 1. The van der Waals surface area contributed by atoms with Crippen molar-refractivity contribution in [2.24, 2.45) is 0 Å². The lowest BCUT2D eigenvalue weighted by Gasteiger charge is -2.11. The fraction of sp³-hybridized carbons (Fsp3) is 0.188. The lowest BCUT2D eigenvalue weighted by atomic mass is 10.2. The molecule has 0 spiro atoms. The van der Waals surface area contributed by atoms with Crippen LogP contribution >= 0.6 is 11.8 Å². The quantitative estimate of drug-likeness (QED) is 0.401. The number of hydrogen-bond donors (Lipinski definition) is 0. The SMILES string of the molecule is CCCn1c(Sc2ccc([N+](=O)[O-])cn2)nc2ccccc2c1=O. The highest BCUT2D eigenvalue weighted by Crippen LogP contribution is 2.26. The van der Waals surface area contributed by atoms with Crippen LogP contribution in [0.25, 0.3) is 10.9 Å². The van der Waals surface area contributed by atoms with E-state index in [0.29, 0.717) is 27.6 Å². The molecule has 122 valence electrons. The molecule has 0 saturated carbocycles. The van der Waals surface area contributed by atoms with Crippen LogP contribution in [0.2, 0.25) is 0 Å². The highest BCUT2D eigenvalue weighted by molar-refractivity contribution is 7.99. The van der Waals surface area contributed by atoms with Crippen molar-refractivity contribution in [2.75, 3.05) is 0 Å². The largest absolute Gasteiger partial charge is 0.287 e. The molecule has 2 heterocycles. The Hall–Kier alpha value is -2.74. The molecular weight excluding hydrogens is 328 g/mol. The number of nitro groups is 1. The Bertz CT molecular complexity index is 954. The third-order valence-electron chi connectivity index (χ3n) is 3.40. The zero-order valence-corrected chi connectivity index (χ0v) is 13.7. The van der Waals surface area contributed by atoms with Crippen molar-refractivity contribution < 1.29 is 4.92 Å². The third kappa shape index (κ3) is 3.13. The number of aromatic nitrogens is 3. The van der Waals surface area contributed by atoms with Crippen molar-refractivity contribution in [3.05, 3.63) is 63.1 Å². The van der Waals surface area contributed by atoms with Gasteiger partial charge in [-0.05, 0) is 36.4 Å². The molecule has 0 unspecified atom stereocenters. The van der Waals surface area contributed by atoms with Crippen LogP contribution in [0.15, 0.2) is 57.6 Å². The van der Waals surface area contributed by atoms with Crippen molar-refractivity contribution in [3.8, 4) is 0 Å². The first kappa shape index (κ1) is 16.1. The van der Waals surface area contributed by atoms with Crippen LogP contribution in [0.3, 0.4) is 0 Å². The van der Waals surface area contributed by atoms with Crippen molar-refractivity contribution >= 4 is 28.4 Å². The average Bonchev–Trinajstić information content (AvgIpc) is 2.59. The predicted molar refractivity (Wildman–Crippen MR) is 91.3 cm³/mol. The van der Waals surface area contributed by atoms with E-state index in [1.165, 1.54) is 24.0 Å². The number of fused-ring (bicyclic) bond motifs is 1. The molecule has 0 radical (unpaired) electrons. The van der Waals surface area contributed by atoms with E-state index in [4.69, 9.17) is 0 Å². The molecule has 3 aromatic rings. The molecule has 8 heteroatoms. The maximum Gasteiger partial charge on any atom is 0.287 e. The minimum absolute atomic E-state index is 0.0724. The molecule has 0 fully saturated rings. The molecule has 0 bridgehead atoms. The van der Waals surface area contributed by atoms with E-state index in [2.05, 4.69) is 9.97 Å². The summed E-state index contributed by atoms with van der Waals surface area (Å²) < 4.78 is 1.62. The smallest absolute Gasteiger partial charge is 0.287 e. The van der Waals surface area contributed by atoms with Gasteiger partial charge in [0.25, 0.3) is 11.2 Å². The minimum Gasteiger partial charge on any atom is -0.287 e. The highest BCUT2D eigenvalue weighted by atomic mass is 32.2. The molecule has 0 saturated heterocycles. The lowest BCUT2D eigenvalue weighted by molar-refractivity contribution is -0.385. The molecule has 0 N–H and O–H groups in total. The van der Waals surface area contributed by atoms with E-state index in [1.807, 2.05) is 19.1 Å². The molecule has 0 atom stereocenters. The first-order valence-electron chi connectivity index (χ1n) is 7.38. The Morgan fingerprint density at radius 1 is 1.25 bits per heavy atom. The van der Waals surface area contributed by atoms with Crippen LogP contribution in [0.1, 0.15) is 13.3 Å². The van der Waals surface area contributed by atoms with Crippen LogP contribution in [-0.2, 0) is 6.54 Å². The molecular formula is C16H14N4O3S. The summed E-state index contributed by atoms with van der Waals surface area (Å²) in [6, 6.07) is 10.1. The predicted octanol–water partition coefficient (Wildman–Crippen LogP) is 3.26. The van der Waals surface area contributed by atoms with Crippen molar-refractivity contribution in [3.63, 3.8) is 0 Å². The molecule has 0 aliphatic carbocycles. The number of rotatable bonds is 5. The van der Waals surface area contributed by atoms with E-state index >= 15 is 0 Å². The zero-order valence-electron chi connectivity index (χ0n) is 12.9. The number of nitrogens with zero attached hydrogens (tertiary/aromatic N) is 4. The van der Waals surface area contributed by atoms with Crippen molar-refractivity contribution in [1.29, 1.82) is 0 Å². The summed E-state index contributed by atoms with van der Waals surface area (Å²) in [5.74, 6) is 0. The zero-order chi connectivity index (χ0) is 17.1. The molecule has 1 aromatic carbocycles. The average molecular weight is 342 g/mol. The maximum absolute atomic E-state index is 12.7.